The predicted octanol–water partition coefficient (Wildman–Crippen LogP) is 3.26. The second-order valence-corrected chi connectivity index (χ2v) is 4.72. The van der Waals surface area contributed by atoms with Gasteiger partial charge < -0.3 is 14.6 Å². The van der Waals surface area contributed by atoms with Crippen LogP contribution in [0.1, 0.15) is 17.2 Å². The van der Waals surface area contributed by atoms with Crippen molar-refractivity contribution < 1.29 is 19.0 Å². The lowest BCUT2D eigenvalue weighted by Gasteiger charge is -2.08. The minimum Gasteiger partial charge on any atom is -0.493 e. The lowest BCUT2D eigenvalue weighted by atomic mass is 10.1. The first kappa shape index (κ1) is 15.9. The minimum absolute atomic E-state index is 0.0743. The number of halogens is 1. The van der Waals surface area contributed by atoms with E-state index in [0.29, 0.717) is 11.5 Å². The van der Waals surface area contributed by atoms with E-state index in [0.717, 1.165) is 11.1 Å². The van der Waals surface area contributed by atoms with Gasteiger partial charge in [0.1, 0.15) is 18.5 Å². The van der Waals surface area contributed by atoms with Crippen LogP contribution in [-0.2, 0) is 0 Å². The summed E-state index contributed by atoms with van der Waals surface area (Å²) in [6, 6.07) is 11.5. The number of aliphatic hydroxyl groups is 1. The number of benzene rings is 2. The predicted molar refractivity (Wildman–Crippen MR) is 82.4 cm³/mol. The average Bonchev–Trinajstić information content (AvgIpc) is 2.52. The largest absolute Gasteiger partial charge is 0.493 e. The third kappa shape index (κ3) is 4.24. The molecule has 22 heavy (non-hydrogen) atoms. The molecule has 0 bridgehead atoms. The van der Waals surface area contributed by atoms with Crippen LogP contribution in [0.4, 0.5) is 4.39 Å². The fourth-order valence-electron chi connectivity index (χ4n) is 1.94. The smallest absolute Gasteiger partial charge is 0.163 e. The van der Waals surface area contributed by atoms with Gasteiger partial charge in [-0.15, -0.1) is 0 Å². The van der Waals surface area contributed by atoms with E-state index in [4.69, 9.17) is 9.47 Å². The van der Waals surface area contributed by atoms with Gasteiger partial charge in [0.2, 0.25) is 0 Å². The van der Waals surface area contributed by atoms with Crippen molar-refractivity contribution in [2.75, 3.05) is 13.7 Å². The first-order valence-corrected chi connectivity index (χ1v) is 6.79. The number of ether oxygens (including phenoxy) is 2. The molecule has 2 rings (SSSR count). The van der Waals surface area contributed by atoms with Gasteiger partial charge in [-0.3, -0.25) is 0 Å². The van der Waals surface area contributed by atoms with E-state index >= 15 is 0 Å². The molecule has 2 aromatic carbocycles. The highest BCUT2D eigenvalue weighted by atomic mass is 19.1. The quantitative estimate of drug-likeness (QED) is 0.881. The van der Waals surface area contributed by atoms with Crippen LogP contribution in [0.25, 0.3) is 0 Å². The molecule has 0 saturated carbocycles. The molecular weight excluding hydrogens is 283 g/mol. The van der Waals surface area contributed by atoms with Crippen molar-refractivity contribution in [3.05, 3.63) is 59.4 Å². The van der Waals surface area contributed by atoms with E-state index in [2.05, 4.69) is 11.8 Å². The average molecular weight is 300 g/mol. The molecule has 3 nitrogen and oxygen atoms in total. The van der Waals surface area contributed by atoms with Crippen molar-refractivity contribution in [1.82, 2.24) is 0 Å². The third-order valence-corrected chi connectivity index (χ3v) is 3.02. The number of rotatable bonds is 4. The lowest BCUT2D eigenvalue weighted by Crippen LogP contribution is -1.99. The summed E-state index contributed by atoms with van der Waals surface area (Å²) in [5.74, 6) is 5.77. The van der Waals surface area contributed by atoms with Crippen molar-refractivity contribution in [3.8, 4) is 23.3 Å². The van der Waals surface area contributed by atoms with E-state index in [1.807, 2.05) is 31.2 Å². The summed E-state index contributed by atoms with van der Waals surface area (Å²) < 4.78 is 23.5. The zero-order valence-electron chi connectivity index (χ0n) is 12.5. The van der Waals surface area contributed by atoms with Crippen LogP contribution in [0.15, 0.2) is 42.5 Å². The van der Waals surface area contributed by atoms with Crippen molar-refractivity contribution in [2.45, 2.75) is 13.0 Å². The Balaban J connectivity index is 1.97. The van der Waals surface area contributed by atoms with Crippen molar-refractivity contribution in [2.24, 2.45) is 0 Å². The zero-order valence-corrected chi connectivity index (χ0v) is 12.5. The van der Waals surface area contributed by atoms with E-state index in [9.17, 15) is 9.50 Å². The molecule has 0 aliphatic heterocycles. The highest BCUT2D eigenvalue weighted by molar-refractivity contribution is 5.40. The summed E-state index contributed by atoms with van der Waals surface area (Å²) in [5.41, 5.74) is 1.80. The van der Waals surface area contributed by atoms with E-state index in [1.165, 1.54) is 25.3 Å². The van der Waals surface area contributed by atoms with Crippen LogP contribution in [0.3, 0.4) is 0 Å². The number of aryl methyl sites for hydroxylation is 1. The Morgan fingerprint density at radius 2 is 2.00 bits per heavy atom. The maximum atomic E-state index is 13.1. The van der Waals surface area contributed by atoms with Crippen LogP contribution >= 0.6 is 0 Å². The summed E-state index contributed by atoms with van der Waals surface area (Å²) in [6.45, 7) is 2.03. The highest BCUT2D eigenvalue weighted by Crippen LogP contribution is 2.27. The van der Waals surface area contributed by atoms with Gasteiger partial charge in [0.05, 0.1) is 7.11 Å². The molecule has 2 aromatic rings. The molecule has 0 radical (unpaired) electrons. The molecule has 0 aromatic heterocycles. The molecule has 0 saturated heterocycles. The second-order valence-electron chi connectivity index (χ2n) is 4.72. The number of hydrogen-bond donors (Lipinski definition) is 1. The molecule has 1 atom stereocenters. The second kappa shape index (κ2) is 7.48. The van der Waals surface area contributed by atoms with E-state index < -0.39 is 11.9 Å². The van der Waals surface area contributed by atoms with E-state index in [1.54, 1.807) is 0 Å². The van der Waals surface area contributed by atoms with Crippen LogP contribution in [0.2, 0.25) is 0 Å². The topological polar surface area (TPSA) is 38.7 Å². The van der Waals surface area contributed by atoms with Crippen LogP contribution in [0, 0.1) is 24.6 Å². The molecule has 1 N–H and O–H groups in total. The SMILES string of the molecule is COc1cc(F)ccc1OCC#CC(O)c1cccc(C)c1. The molecule has 0 heterocycles. The molecule has 0 aliphatic carbocycles. The van der Waals surface area contributed by atoms with Crippen LogP contribution in [0.5, 0.6) is 11.5 Å². The first-order valence-electron chi connectivity index (χ1n) is 6.79. The van der Waals surface area contributed by atoms with Crippen LogP contribution in [-0.4, -0.2) is 18.8 Å². The zero-order chi connectivity index (χ0) is 15.9. The molecule has 0 aliphatic rings. The van der Waals surface area contributed by atoms with Crippen molar-refractivity contribution in [3.63, 3.8) is 0 Å². The van der Waals surface area contributed by atoms with Gasteiger partial charge in [-0.25, -0.2) is 4.39 Å². The third-order valence-electron chi connectivity index (χ3n) is 3.02. The van der Waals surface area contributed by atoms with Gasteiger partial charge in [0, 0.05) is 6.07 Å². The Kier molecular flexibility index (Phi) is 5.40. The molecule has 0 amide bonds. The maximum absolute atomic E-state index is 13.1. The molecule has 0 fully saturated rings. The number of aliphatic hydroxyl groups excluding tert-OH is 1. The summed E-state index contributed by atoms with van der Waals surface area (Å²) in [5, 5.41) is 9.98. The van der Waals surface area contributed by atoms with Gasteiger partial charge in [-0.2, -0.15) is 0 Å². The van der Waals surface area contributed by atoms with Gasteiger partial charge >= 0.3 is 0 Å². The fraction of sp³-hybridized carbons (Fsp3) is 0.222. The Morgan fingerprint density at radius 1 is 1.18 bits per heavy atom. The van der Waals surface area contributed by atoms with Crippen molar-refractivity contribution >= 4 is 0 Å². The number of methoxy groups -OCH3 is 1. The summed E-state index contributed by atoms with van der Waals surface area (Å²) in [4.78, 5) is 0. The number of hydrogen-bond acceptors (Lipinski definition) is 3. The highest BCUT2D eigenvalue weighted by Gasteiger charge is 2.05. The minimum atomic E-state index is -0.862. The van der Waals surface area contributed by atoms with Gasteiger partial charge in [-0.05, 0) is 24.6 Å². The molecule has 4 heteroatoms. The fourth-order valence-corrected chi connectivity index (χ4v) is 1.94. The molecular formula is C18H17FO3. The van der Waals surface area contributed by atoms with E-state index in [-0.39, 0.29) is 6.61 Å². The Hall–Kier alpha value is -2.51. The first-order chi connectivity index (χ1) is 10.6. The summed E-state index contributed by atoms with van der Waals surface area (Å²) >= 11 is 0. The Labute approximate surface area is 129 Å². The molecule has 1 unspecified atom stereocenters. The van der Waals surface area contributed by atoms with Gasteiger partial charge in [-0.1, -0.05) is 41.7 Å². The summed E-state index contributed by atoms with van der Waals surface area (Å²) in [6.07, 6.45) is -0.862. The lowest BCUT2D eigenvalue weighted by molar-refractivity contribution is 0.237. The normalized spacial score (nSPS) is 11.3. The monoisotopic (exact) mass is 300 g/mol. The molecule has 114 valence electrons. The van der Waals surface area contributed by atoms with Crippen molar-refractivity contribution in [1.29, 1.82) is 0 Å². The van der Waals surface area contributed by atoms with Crippen LogP contribution < -0.4 is 9.47 Å². The standard InChI is InChI=1S/C18H17FO3/c1-13-5-3-6-14(11-13)16(20)7-4-10-22-17-9-8-15(19)12-18(17)21-2/h3,5-6,8-9,11-12,16,20H,10H2,1-2H3. The maximum Gasteiger partial charge on any atom is 0.163 e. The Bertz CT molecular complexity index is 701. The van der Waals surface area contributed by atoms with Gasteiger partial charge in [0.15, 0.2) is 11.5 Å². The summed E-state index contributed by atoms with van der Waals surface area (Å²) in [7, 11) is 1.44. The molecule has 0 spiro atoms. The Morgan fingerprint density at radius 3 is 2.73 bits per heavy atom. The van der Waals surface area contributed by atoms with Gasteiger partial charge in [0.25, 0.3) is 0 Å².